The molecule has 3 nitrogen and oxygen atoms in total. The van der Waals surface area contributed by atoms with Crippen LogP contribution < -0.4 is 0 Å². The van der Waals surface area contributed by atoms with Crippen molar-refractivity contribution in [2.45, 2.75) is 37.4 Å². The highest BCUT2D eigenvalue weighted by Crippen LogP contribution is 2.49. The van der Waals surface area contributed by atoms with Crippen molar-refractivity contribution >= 4 is 5.97 Å². The van der Waals surface area contributed by atoms with Crippen LogP contribution in [0.15, 0.2) is 18.2 Å². The molecule has 0 N–H and O–H groups in total. The Kier molecular flexibility index (Phi) is 3.46. The van der Waals surface area contributed by atoms with Crippen molar-refractivity contribution in [3.8, 4) is 0 Å². The number of benzene rings is 1. The summed E-state index contributed by atoms with van der Waals surface area (Å²) < 4.78 is 37.2. The van der Waals surface area contributed by atoms with Crippen LogP contribution in [0, 0.1) is 17.6 Å². The molecule has 3 rings (SSSR count). The molecule has 0 radical (unpaired) electrons. The van der Waals surface area contributed by atoms with Crippen molar-refractivity contribution in [2.75, 3.05) is 7.11 Å². The van der Waals surface area contributed by atoms with Crippen molar-refractivity contribution in [1.29, 1.82) is 0 Å². The van der Waals surface area contributed by atoms with E-state index < -0.39 is 11.6 Å². The van der Waals surface area contributed by atoms with Crippen LogP contribution in [-0.4, -0.2) is 25.3 Å². The van der Waals surface area contributed by atoms with Gasteiger partial charge in [-0.1, -0.05) is 0 Å². The molecule has 0 saturated heterocycles. The third kappa shape index (κ3) is 2.54. The fourth-order valence-corrected chi connectivity index (χ4v) is 2.66. The number of esters is 1. The van der Waals surface area contributed by atoms with Crippen LogP contribution in [0.1, 0.15) is 30.7 Å². The lowest BCUT2D eigenvalue weighted by molar-refractivity contribution is -0.162. The van der Waals surface area contributed by atoms with E-state index in [-0.39, 0.29) is 35.6 Å². The third-order valence-corrected chi connectivity index (χ3v) is 4.12. The van der Waals surface area contributed by atoms with Gasteiger partial charge in [-0.3, -0.25) is 4.79 Å². The Morgan fingerprint density at radius 1 is 1.20 bits per heavy atom. The molecule has 0 heterocycles. The monoisotopic (exact) mass is 282 g/mol. The molecule has 0 aromatic heterocycles. The fourth-order valence-electron chi connectivity index (χ4n) is 2.66. The molecule has 2 fully saturated rings. The van der Waals surface area contributed by atoms with Gasteiger partial charge in [0.1, 0.15) is 17.7 Å². The summed E-state index contributed by atoms with van der Waals surface area (Å²) in [6.07, 6.45) is 2.04. The smallest absolute Gasteiger partial charge is 0.309 e. The van der Waals surface area contributed by atoms with Crippen LogP contribution >= 0.6 is 0 Å². The highest BCUT2D eigenvalue weighted by Gasteiger charge is 2.48. The number of carbonyl (C=O) groups is 1. The van der Waals surface area contributed by atoms with Gasteiger partial charge in [0.2, 0.25) is 0 Å². The summed E-state index contributed by atoms with van der Waals surface area (Å²) in [4.78, 5) is 11.9. The molecule has 0 unspecified atom stereocenters. The van der Waals surface area contributed by atoms with E-state index in [4.69, 9.17) is 9.47 Å². The summed E-state index contributed by atoms with van der Waals surface area (Å²) in [5, 5.41) is 0. The third-order valence-electron chi connectivity index (χ3n) is 4.12. The molecule has 0 spiro atoms. The van der Waals surface area contributed by atoms with Crippen molar-refractivity contribution in [3.05, 3.63) is 35.4 Å². The lowest BCUT2D eigenvalue weighted by Gasteiger charge is -2.33. The first-order valence-corrected chi connectivity index (χ1v) is 6.76. The summed E-state index contributed by atoms with van der Waals surface area (Å²) >= 11 is 0. The molecule has 2 saturated carbocycles. The lowest BCUT2D eigenvalue weighted by atomic mass is 9.92. The second kappa shape index (κ2) is 5.13. The SMILES string of the molecule is COC1CC(OC(=O)[C@H]2C[C@H]2c2cc(F)ccc2F)C1. The predicted molar refractivity (Wildman–Crippen MR) is 67.1 cm³/mol. The first kappa shape index (κ1) is 13.5. The number of rotatable bonds is 4. The Morgan fingerprint density at radius 3 is 2.65 bits per heavy atom. The zero-order valence-corrected chi connectivity index (χ0v) is 11.1. The molecule has 0 amide bonds. The Labute approximate surface area is 115 Å². The number of hydrogen-bond donors (Lipinski definition) is 0. The van der Waals surface area contributed by atoms with Crippen molar-refractivity contribution in [1.82, 2.24) is 0 Å². The van der Waals surface area contributed by atoms with E-state index in [2.05, 4.69) is 0 Å². The van der Waals surface area contributed by atoms with Gasteiger partial charge < -0.3 is 9.47 Å². The first-order valence-electron chi connectivity index (χ1n) is 6.76. The minimum absolute atomic E-state index is 0.0916. The van der Waals surface area contributed by atoms with Crippen molar-refractivity contribution < 1.29 is 23.0 Å². The van der Waals surface area contributed by atoms with Gasteiger partial charge in [-0.05, 0) is 30.2 Å². The van der Waals surface area contributed by atoms with E-state index in [0.717, 1.165) is 18.2 Å². The molecular weight excluding hydrogens is 266 g/mol. The maximum Gasteiger partial charge on any atom is 0.309 e. The van der Waals surface area contributed by atoms with Crippen LogP contribution in [-0.2, 0) is 14.3 Å². The summed E-state index contributed by atoms with van der Waals surface area (Å²) in [6.45, 7) is 0. The number of hydrogen-bond acceptors (Lipinski definition) is 3. The second-order valence-electron chi connectivity index (χ2n) is 5.50. The van der Waals surface area contributed by atoms with Crippen molar-refractivity contribution in [2.24, 2.45) is 5.92 Å². The number of halogens is 2. The Hall–Kier alpha value is -1.49. The molecule has 0 aliphatic heterocycles. The molecule has 1 aromatic carbocycles. The maximum absolute atomic E-state index is 13.6. The highest BCUT2D eigenvalue weighted by molar-refractivity contribution is 5.77. The Balaban J connectivity index is 1.56. The summed E-state index contributed by atoms with van der Waals surface area (Å²) in [7, 11) is 1.63. The normalized spacial score (nSPS) is 31.6. The van der Waals surface area contributed by atoms with E-state index >= 15 is 0 Å². The minimum Gasteiger partial charge on any atom is -0.462 e. The van der Waals surface area contributed by atoms with Gasteiger partial charge in [0, 0.05) is 25.9 Å². The van der Waals surface area contributed by atoms with Crippen LogP contribution in [0.2, 0.25) is 0 Å². The summed E-state index contributed by atoms with van der Waals surface area (Å²) in [5.41, 5.74) is 0.273. The van der Waals surface area contributed by atoms with Gasteiger partial charge in [0.25, 0.3) is 0 Å². The van der Waals surface area contributed by atoms with E-state index in [1.54, 1.807) is 7.11 Å². The molecular formula is C15H16F2O3. The lowest BCUT2D eigenvalue weighted by Crippen LogP contribution is -2.38. The number of carbonyl (C=O) groups excluding carboxylic acids is 1. The molecule has 20 heavy (non-hydrogen) atoms. The van der Waals surface area contributed by atoms with Crippen molar-refractivity contribution in [3.63, 3.8) is 0 Å². The quantitative estimate of drug-likeness (QED) is 0.797. The predicted octanol–water partition coefficient (Wildman–Crippen LogP) is 2.79. The number of methoxy groups -OCH3 is 1. The zero-order chi connectivity index (χ0) is 14.3. The Morgan fingerprint density at radius 2 is 1.95 bits per heavy atom. The van der Waals surface area contributed by atoms with Gasteiger partial charge in [-0.15, -0.1) is 0 Å². The molecule has 108 valence electrons. The summed E-state index contributed by atoms with van der Waals surface area (Å²) in [5.74, 6) is -1.85. The van der Waals surface area contributed by atoms with E-state index in [9.17, 15) is 13.6 Å². The molecule has 5 heteroatoms. The minimum atomic E-state index is -0.484. The van der Waals surface area contributed by atoms with Crippen LogP contribution in [0.5, 0.6) is 0 Å². The zero-order valence-electron chi connectivity index (χ0n) is 11.1. The first-order chi connectivity index (χ1) is 9.58. The van der Waals surface area contributed by atoms with Gasteiger partial charge >= 0.3 is 5.97 Å². The van der Waals surface area contributed by atoms with Crippen LogP contribution in [0.25, 0.3) is 0 Å². The largest absolute Gasteiger partial charge is 0.462 e. The standard InChI is InChI=1S/C15H16F2O3/c1-19-9-5-10(6-9)20-15(18)13-7-11(13)12-4-8(16)2-3-14(12)17/h2-4,9-11,13H,5-7H2,1H3/t9?,10?,11-,13-/m0/s1. The molecule has 2 atom stereocenters. The average molecular weight is 282 g/mol. The van der Waals surface area contributed by atoms with E-state index in [0.29, 0.717) is 19.3 Å². The second-order valence-corrected chi connectivity index (χ2v) is 5.50. The molecule has 2 aliphatic rings. The molecule has 1 aromatic rings. The maximum atomic E-state index is 13.6. The van der Waals surface area contributed by atoms with E-state index in [1.807, 2.05) is 0 Å². The van der Waals surface area contributed by atoms with Crippen LogP contribution in [0.4, 0.5) is 8.78 Å². The van der Waals surface area contributed by atoms with Gasteiger partial charge in [0.05, 0.1) is 12.0 Å². The topological polar surface area (TPSA) is 35.5 Å². The molecule has 2 aliphatic carbocycles. The van der Waals surface area contributed by atoms with Gasteiger partial charge in [0.15, 0.2) is 0 Å². The average Bonchev–Trinajstić information content (AvgIpc) is 3.16. The van der Waals surface area contributed by atoms with Crippen LogP contribution in [0.3, 0.4) is 0 Å². The summed E-state index contributed by atoms with van der Waals surface area (Å²) in [6, 6.07) is 3.34. The van der Waals surface area contributed by atoms with Gasteiger partial charge in [-0.2, -0.15) is 0 Å². The Bertz CT molecular complexity index is 526. The highest BCUT2D eigenvalue weighted by atomic mass is 19.1. The fraction of sp³-hybridized carbons (Fsp3) is 0.533. The van der Waals surface area contributed by atoms with E-state index in [1.165, 1.54) is 0 Å². The number of ether oxygens (including phenoxy) is 2. The van der Waals surface area contributed by atoms with Gasteiger partial charge in [-0.25, -0.2) is 8.78 Å². The molecule has 0 bridgehead atoms.